The highest BCUT2D eigenvalue weighted by atomic mass is 32.2. The normalized spacial score (nSPS) is 24.6. The number of hydrogen-bond donors (Lipinski definition) is 2. The molecule has 0 saturated carbocycles. The maximum atomic E-state index is 13.9. The van der Waals surface area contributed by atoms with Gasteiger partial charge in [0, 0.05) is 38.5 Å². The number of carbonyl (C=O) groups is 1. The second-order valence-corrected chi connectivity index (χ2v) is 13.9. The van der Waals surface area contributed by atoms with Crippen LogP contribution in [0.2, 0.25) is 0 Å². The van der Waals surface area contributed by atoms with E-state index in [4.69, 9.17) is 9.47 Å². The molecule has 3 unspecified atom stereocenters. The summed E-state index contributed by atoms with van der Waals surface area (Å²) < 4.78 is 41.2. The molecule has 2 heterocycles. The van der Waals surface area contributed by atoms with Gasteiger partial charge in [-0.15, -0.1) is 0 Å². The van der Waals surface area contributed by atoms with Gasteiger partial charge in [0.15, 0.2) is 0 Å². The minimum Gasteiger partial charge on any atom is -0.481 e. The van der Waals surface area contributed by atoms with Crippen molar-refractivity contribution in [3.8, 4) is 5.75 Å². The largest absolute Gasteiger partial charge is 0.481 e. The van der Waals surface area contributed by atoms with Crippen molar-refractivity contribution in [2.24, 2.45) is 12.5 Å². The average Bonchev–Trinajstić information content (AvgIpc) is 3.16. The first-order valence-corrected chi connectivity index (χ1v) is 15.1. The van der Waals surface area contributed by atoms with Crippen LogP contribution in [0.1, 0.15) is 68.3 Å². The van der Waals surface area contributed by atoms with E-state index in [9.17, 15) is 13.2 Å². The van der Waals surface area contributed by atoms with E-state index < -0.39 is 27.3 Å². The van der Waals surface area contributed by atoms with Gasteiger partial charge in [-0.2, -0.15) is 0 Å². The molecule has 4 rings (SSSR count). The van der Waals surface area contributed by atoms with Gasteiger partial charge >= 0.3 is 0 Å². The summed E-state index contributed by atoms with van der Waals surface area (Å²) in [6, 6.07) is 3.70. The molecule has 1 amide bonds. The summed E-state index contributed by atoms with van der Waals surface area (Å²) in [6.07, 6.45) is 12.2. The number of hydrogen-bond acceptors (Lipinski definition) is 6. The number of aromatic nitrogens is 2. The van der Waals surface area contributed by atoms with Crippen LogP contribution in [0.15, 0.2) is 54.0 Å². The van der Waals surface area contributed by atoms with Crippen molar-refractivity contribution in [1.29, 1.82) is 0 Å². The van der Waals surface area contributed by atoms with E-state index in [1.165, 1.54) is 7.11 Å². The SMILES string of the molecule is COC1C(NS(C)(=O)=O)=CC(C(C)(C)C)=CC1(C)NC(=O)c1cc2c(n1C)C(C)(Oc1ccncc1C)CC=C2. The summed E-state index contributed by atoms with van der Waals surface area (Å²) in [7, 11) is -0.227. The number of allylic oxidation sites excluding steroid dienone is 2. The van der Waals surface area contributed by atoms with E-state index in [0.29, 0.717) is 17.8 Å². The van der Waals surface area contributed by atoms with Gasteiger partial charge in [0.2, 0.25) is 10.0 Å². The van der Waals surface area contributed by atoms with Gasteiger partial charge in [-0.3, -0.25) is 14.5 Å². The highest BCUT2D eigenvalue weighted by molar-refractivity contribution is 7.88. The van der Waals surface area contributed by atoms with Crippen molar-refractivity contribution < 1.29 is 22.7 Å². The quantitative estimate of drug-likeness (QED) is 0.513. The molecule has 0 saturated heterocycles. The van der Waals surface area contributed by atoms with Gasteiger partial charge in [0.1, 0.15) is 23.1 Å². The van der Waals surface area contributed by atoms with Crippen molar-refractivity contribution in [2.75, 3.05) is 13.4 Å². The summed E-state index contributed by atoms with van der Waals surface area (Å²) in [6.45, 7) is 11.9. The smallest absolute Gasteiger partial charge is 0.268 e. The Labute approximate surface area is 237 Å². The Morgan fingerprint density at radius 2 is 1.95 bits per heavy atom. The molecule has 2 aliphatic carbocycles. The van der Waals surface area contributed by atoms with Crippen molar-refractivity contribution in [3.05, 3.63) is 76.5 Å². The van der Waals surface area contributed by atoms with E-state index >= 15 is 0 Å². The molecule has 9 nitrogen and oxygen atoms in total. The Morgan fingerprint density at radius 3 is 2.55 bits per heavy atom. The molecule has 40 heavy (non-hydrogen) atoms. The van der Waals surface area contributed by atoms with Crippen molar-refractivity contribution in [2.45, 2.75) is 65.2 Å². The lowest BCUT2D eigenvalue weighted by atomic mass is 9.76. The fourth-order valence-electron chi connectivity index (χ4n) is 5.57. The molecular weight excluding hydrogens is 528 g/mol. The third kappa shape index (κ3) is 5.74. The van der Waals surface area contributed by atoms with Gasteiger partial charge in [-0.25, -0.2) is 8.42 Å². The molecule has 0 aliphatic heterocycles. The van der Waals surface area contributed by atoms with Crippen molar-refractivity contribution in [3.63, 3.8) is 0 Å². The van der Waals surface area contributed by atoms with Crippen molar-refractivity contribution >= 4 is 22.0 Å². The molecule has 2 N–H and O–H groups in total. The Kier molecular flexibility index (Phi) is 7.57. The van der Waals surface area contributed by atoms with Gasteiger partial charge in [-0.1, -0.05) is 39.0 Å². The Balaban J connectivity index is 1.72. The Morgan fingerprint density at radius 1 is 1.25 bits per heavy atom. The molecule has 2 aromatic heterocycles. The molecule has 2 aromatic rings. The second-order valence-electron chi connectivity index (χ2n) is 12.1. The zero-order valence-corrected chi connectivity index (χ0v) is 25.6. The number of sulfonamides is 1. The molecule has 10 heteroatoms. The van der Waals surface area contributed by atoms with Crippen LogP contribution in [0.4, 0.5) is 0 Å². The molecule has 0 aromatic carbocycles. The molecule has 0 radical (unpaired) electrons. The number of fused-ring (bicyclic) bond motifs is 1. The molecule has 0 spiro atoms. The second kappa shape index (κ2) is 10.2. The summed E-state index contributed by atoms with van der Waals surface area (Å²) in [4.78, 5) is 18.1. The summed E-state index contributed by atoms with van der Waals surface area (Å²) in [5.41, 5.74) is 2.33. The molecule has 216 valence electrons. The van der Waals surface area contributed by atoms with Crippen LogP contribution in [0.25, 0.3) is 6.08 Å². The Bertz CT molecular complexity index is 1530. The zero-order valence-electron chi connectivity index (χ0n) is 24.7. The highest BCUT2D eigenvalue weighted by Crippen LogP contribution is 2.40. The van der Waals surface area contributed by atoms with Crippen LogP contribution in [0.5, 0.6) is 5.75 Å². The van der Waals surface area contributed by atoms with Crippen LogP contribution in [0.3, 0.4) is 0 Å². The molecule has 2 aliphatic rings. The number of nitrogens with one attached hydrogen (secondary N) is 2. The predicted octanol–water partition coefficient (Wildman–Crippen LogP) is 4.36. The molecule has 0 fully saturated rings. The van der Waals surface area contributed by atoms with Crippen LogP contribution in [-0.4, -0.2) is 48.9 Å². The molecule has 3 atom stereocenters. The van der Waals surface area contributed by atoms with E-state index in [-0.39, 0.29) is 11.3 Å². The number of ether oxygens (including phenoxy) is 2. The summed E-state index contributed by atoms with van der Waals surface area (Å²) in [5, 5.41) is 3.16. The summed E-state index contributed by atoms with van der Waals surface area (Å²) >= 11 is 0. The van der Waals surface area contributed by atoms with Crippen LogP contribution in [-0.2, 0) is 27.4 Å². The summed E-state index contributed by atoms with van der Waals surface area (Å²) in [5.74, 6) is 0.420. The number of pyridine rings is 1. The van der Waals surface area contributed by atoms with E-state index in [2.05, 4.69) is 21.1 Å². The number of rotatable bonds is 7. The van der Waals surface area contributed by atoms with Crippen LogP contribution >= 0.6 is 0 Å². The third-order valence-electron chi connectivity index (χ3n) is 7.49. The van der Waals surface area contributed by atoms with Gasteiger partial charge in [-0.05, 0) is 55.5 Å². The lowest BCUT2D eigenvalue weighted by Gasteiger charge is -2.41. The van der Waals surface area contributed by atoms with Crippen molar-refractivity contribution in [1.82, 2.24) is 19.6 Å². The Hall–Kier alpha value is -3.37. The van der Waals surface area contributed by atoms with E-state index in [0.717, 1.165) is 34.4 Å². The monoisotopic (exact) mass is 568 g/mol. The fourth-order valence-corrected chi connectivity index (χ4v) is 6.16. The minimum atomic E-state index is -3.59. The first kappa shape index (κ1) is 29.6. The minimum absolute atomic E-state index is 0.311. The molecule has 0 bridgehead atoms. The maximum Gasteiger partial charge on any atom is 0.268 e. The lowest BCUT2D eigenvalue weighted by molar-refractivity contribution is 0.0571. The number of amides is 1. The fraction of sp³-hybridized carbons (Fsp3) is 0.467. The topological polar surface area (TPSA) is 112 Å². The molecular formula is C30H40N4O5S. The van der Waals surface area contributed by atoms with Crippen LogP contribution in [0, 0.1) is 12.3 Å². The first-order chi connectivity index (χ1) is 18.5. The van der Waals surface area contributed by atoms with E-state index in [1.807, 2.05) is 77.4 Å². The van der Waals surface area contributed by atoms with Gasteiger partial charge in [0.25, 0.3) is 5.91 Å². The third-order valence-corrected chi connectivity index (χ3v) is 8.09. The predicted molar refractivity (Wildman–Crippen MR) is 156 cm³/mol. The number of carbonyl (C=O) groups excluding carboxylic acids is 1. The zero-order chi connectivity index (χ0) is 29.7. The average molecular weight is 569 g/mol. The van der Waals surface area contributed by atoms with E-state index in [1.54, 1.807) is 18.5 Å². The highest BCUT2D eigenvalue weighted by Gasteiger charge is 2.43. The lowest BCUT2D eigenvalue weighted by Crippen LogP contribution is -2.58. The number of nitrogens with zero attached hydrogens (tertiary/aromatic N) is 2. The maximum absolute atomic E-state index is 13.9. The van der Waals surface area contributed by atoms with Gasteiger partial charge in [0.05, 0.1) is 23.2 Å². The number of methoxy groups -OCH3 is 1. The first-order valence-electron chi connectivity index (χ1n) is 13.2. The standard InChI is InChI=1S/C30H40N4O5S/c1-19-18-31-14-12-24(19)39-30(6)13-10-11-20-15-23(34(7)25(20)30)27(35)32-29(5)17-21(28(2,3)4)16-22(26(29)38-8)33-40(9,36)37/h10-12,14-18,26,33H,13H2,1-9H3,(H,32,35). The van der Waals surface area contributed by atoms with Gasteiger partial charge < -0.3 is 19.4 Å². The van der Waals surface area contributed by atoms with Crippen LogP contribution < -0.4 is 14.8 Å². The number of aryl methyl sites for hydroxylation is 1.